The van der Waals surface area contributed by atoms with Crippen LogP contribution >= 0.6 is 0 Å². The number of aliphatic carboxylic acids is 1. The highest BCUT2D eigenvalue weighted by Crippen LogP contribution is 2.09. The number of nitrogens with one attached hydrogen (secondary N) is 2. The summed E-state index contributed by atoms with van der Waals surface area (Å²) in [5.74, 6) is -0.985. The molecule has 0 aliphatic carbocycles. The molecule has 0 unspecified atom stereocenters. The lowest BCUT2D eigenvalue weighted by atomic mass is 10.0. The van der Waals surface area contributed by atoms with Gasteiger partial charge in [0, 0.05) is 11.7 Å². The van der Waals surface area contributed by atoms with Gasteiger partial charge in [-0.3, -0.25) is 9.48 Å². The van der Waals surface area contributed by atoms with Gasteiger partial charge in [0.05, 0.1) is 11.9 Å². The summed E-state index contributed by atoms with van der Waals surface area (Å²) in [6.45, 7) is 5.58. The Balaban J connectivity index is 2.55. The minimum Gasteiger partial charge on any atom is -0.480 e. The fraction of sp³-hybridized carbons (Fsp3) is 0.545. The van der Waals surface area contributed by atoms with Gasteiger partial charge in [0.25, 0.3) is 0 Å². The Kier molecular flexibility index (Phi) is 4.30. The maximum absolute atomic E-state index is 11.6. The average molecular weight is 254 g/mol. The van der Waals surface area contributed by atoms with Crippen LogP contribution in [-0.2, 0) is 11.3 Å². The summed E-state index contributed by atoms with van der Waals surface area (Å²) in [5, 5.41) is 17.8. The molecule has 1 heterocycles. The number of urea groups is 1. The van der Waals surface area contributed by atoms with E-state index in [1.165, 1.54) is 17.1 Å². The molecule has 2 amide bonds. The van der Waals surface area contributed by atoms with Crippen LogP contribution < -0.4 is 10.6 Å². The zero-order valence-electron chi connectivity index (χ0n) is 10.7. The van der Waals surface area contributed by atoms with E-state index in [2.05, 4.69) is 15.7 Å². The van der Waals surface area contributed by atoms with E-state index in [-0.39, 0.29) is 18.1 Å². The van der Waals surface area contributed by atoms with E-state index in [0.717, 1.165) is 6.42 Å². The van der Waals surface area contributed by atoms with Crippen molar-refractivity contribution < 1.29 is 14.7 Å². The molecule has 0 saturated carbocycles. The Morgan fingerprint density at radius 1 is 1.50 bits per heavy atom. The topological polar surface area (TPSA) is 96.3 Å². The van der Waals surface area contributed by atoms with E-state index in [9.17, 15) is 9.59 Å². The molecule has 1 rings (SSSR count). The third-order valence-electron chi connectivity index (χ3n) is 2.52. The van der Waals surface area contributed by atoms with Crippen LogP contribution in [0.4, 0.5) is 10.5 Å². The van der Waals surface area contributed by atoms with Crippen molar-refractivity contribution in [3.8, 4) is 0 Å². The zero-order chi connectivity index (χ0) is 13.8. The van der Waals surface area contributed by atoms with Gasteiger partial charge in [-0.15, -0.1) is 0 Å². The molecule has 0 spiro atoms. The van der Waals surface area contributed by atoms with Gasteiger partial charge in [0.1, 0.15) is 6.54 Å². The van der Waals surface area contributed by atoms with Crippen LogP contribution in [0.25, 0.3) is 0 Å². The molecule has 0 aliphatic heterocycles. The van der Waals surface area contributed by atoms with Gasteiger partial charge in [0.2, 0.25) is 0 Å². The molecule has 0 fully saturated rings. The van der Waals surface area contributed by atoms with Gasteiger partial charge in [0.15, 0.2) is 0 Å². The van der Waals surface area contributed by atoms with E-state index in [4.69, 9.17) is 5.11 Å². The summed E-state index contributed by atoms with van der Waals surface area (Å²) in [4.78, 5) is 22.1. The second-order valence-electron chi connectivity index (χ2n) is 4.64. The third-order valence-corrected chi connectivity index (χ3v) is 2.52. The first-order valence-corrected chi connectivity index (χ1v) is 5.66. The fourth-order valence-electron chi connectivity index (χ4n) is 1.21. The molecule has 1 aromatic rings. The highest BCUT2D eigenvalue weighted by atomic mass is 16.4. The molecule has 18 heavy (non-hydrogen) atoms. The van der Waals surface area contributed by atoms with Crippen LogP contribution in [-0.4, -0.2) is 32.4 Å². The van der Waals surface area contributed by atoms with Crippen molar-refractivity contribution in [2.24, 2.45) is 0 Å². The Labute approximate surface area is 105 Å². The zero-order valence-corrected chi connectivity index (χ0v) is 10.7. The summed E-state index contributed by atoms with van der Waals surface area (Å²) in [6, 6.07) is -0.336. The monoisotopic (exact) mass is 254 g/mol. The van der Waals surface area contributed by atoms with Crippen LogP contribution in [0.15, 0.2) is 12.4 Å². The molecule has 3 N–H and O–H groups in total. The van der Waals surface area contributed by atoms with Gasteiger partial charge in [-0.05, 0) is 20.3 Å². The summed E-state index contributed by atoms with van der Waals surface area (Å²) in [7, 11) is 0. The van der Waals surface area contributed by atoms with Crippen LogP contribution in [0.1, 0.15) is 27.2 Å². The predicted molar refractivity (Wildman–Crippen MR) is 66.4 cm³/mol. The lowest BCUT2D eigenvalue weighted by Crippen LogP contribution is -2.44. The van der Waals surface area contributed by atoms with Crippen LogP contribution in [0.3, 0.4) is 0 Å². The number of anilines is 1. The molecular formula is C11H18N4O3. The number of carboxylic acid groups (broad SMARTS) is 1. The second-order valence-corrected chi connectivity index (χ2v) is 4.64. The van der Waals surface area contributed by atoms with Gasteiger partial charge in [-0.25, -0.2) is 4.79 Å². The highest BCUT2D eigenvalue weighted by molar-refractivity contribution is 5.89. The Morgan fingerprint density at radius 3 is 2.72 bits per heavy atom. The Bertz CT molecular complexity index is 439. The molecule has 7 heteroatoms. The number of amides is 2. The SMILES string of the molecule is CCC(C)(C)NC(=O)Nc1cnn(CC(=O)O)c1. The first-order valence-electron chi connectivity index (χ1n) is 5.66. The number of carbonyl (C=O) groups is 2. The summed E-state index contributed by atoms with van der Waals surface area (Å²) in [5.41, 5.74) is 0.168. The van der Waals surface area contributed by atoms with Crippen molar-refractivity contribution in [1.29, 1.82) is 0 Å². The molecule has 0 aliphatic rings. The molecule has 1 aromatic heterocycles. The molecule has 7 nitrogen and oxygen atoms in total. The van der Waals surface area contributed by atoms with Gasteiger partial charge < -0.3 is 15.7 Å². The minimum absolute atomic E-state index is 0.232. The van der Waals surface area contributed by atoms with Crippen molar-refractivity contribution in [3.05, 3.63) is 12.4 Å². The number of hydrogen-bond donors (Lipinski definition) is 3. The number of nitrogens with zero attached hydrogens (tertiary/aromatic N) is 2. The van der Waals surface area contributed by atoms with E-state index < -0.39 is 5.97 Å². The van der Waals surface area contributed by atoms with Crippen molar-refractivity contribution >= 4 is 17.7 Å². The number of carboxylic acids is 1. The highest BCUT2D eigenvalue weighted by Gasteiger charge is 2.17. The van der Waals surface area contributed by atoms with E-state index in [1.807, 2.05) is 20.8 Å². The Hall–Kier alpha value is -2.05. The quantitative estimate of drug-likeness (QED) is 0.737. The van der Waals surface area contributed by atoms with Crippen LogP contribution in [0.5, 0.6) is 0 Å². The van der Waals surface area contributed by atoms with Gasteiger partial charge in [-0.2, -0.15) is 5.10 Å². The number of rotatable bonds is 5. The maximum Gasteiger partial charge on any atom is 0.325 e. The number of aromatic nitrogens is 2. The second kappa shape index (κ2) is 5.52. The van der Waals surface area contributed by atoms with Crippen LogP contribution in [0.2, 0.25) is 0 Å². The van der Waals surface area contributed by atoms with E-state index in [1.54, 1.807) is 0 Å². The molecule has 0 atom stereocenters. The van der Waals surface area contributed by atoms with E-state index in [0.29, 0.717) is 5.69 Å². The standard InChI is InChI=1S/C11H18N4O3/c1-4-11(2,3)14-10(18)13-8-5-12-15(6-8)7-9(16)17/h5-6H,4,7H2,1-3H3,(H,16,17)(H2,13,14,18). The minimum atomic E-state index is -0.985. The normalized spacial score (nSPS) is 11.1. The molecule has 0 bridgehead atoms. The van der Waals surface area contributed by atoms with Crippen molar-refractivity contribution in [3.63, 3.8) is 0 Å². The summed E-state index contributed by atoms with van der Waals surface area (Å²) < 4.78 is 1.24. The van der Waals surface area contributed by atoms with Crippen molar-refractivity contribution in [2.45, 2.75) is 39.3 Å². The molecule has 100 valence electrons. The van der Waals surface area contributed by atoms with E-state index >= 15 is 0 Å². The Morgan fingerprint density at radius 2 is 2.17 bits per heavy atom. The first-order chi connectivity index (χ1) is 8.32. The molecule has 0 aromatic carbocycles. The van der Waals surface area contributed by atoms with Crippen molar-refractivity contribution in [1.82, 2.24) is 15.1 Å². The first kappa shape index (κ1) is 14.0. The molecular weight excluding hydrogens is 236 g/mol. The third kappa shape index (κ3) is 4.44. The smallest absolute Gasteiger partial charge is 0.325 e. The number of hydrogen-bond acceptors (Lipinski definition) is 3. The van der Waals surface area contributed by atoms with Gasteiger partial charge >= 0.3 is 12.0 Å². The summed E-state index contributed by atoms with van der Waals surface area (Å²) >= 11 is 0. The summed E-state index contributed by atoms with van der Waals surface area (Å²) in [6.07, 6.45) is 3.67. The maximum atomic E-state index is 11.6. The lowest BCUT2D eigenvalue weighted by molar-refractivity contribution is -0.137. The average Bonchev–Trinajstić information content (AvgIpc) is 2.63. The van der Waals surface area contributed by atoms with Gasteiger partial charge in [-0.1, -0.05) is 6.92 Å². The van der Waals surface area contributed by atoms with Crippen LogP contribution in [0, 0.1) is 0 Å². The molecule has 0 saturated heterocycles. The number of carbonyl (C=O) groups excluding carboxylic acids is 1. The fourth-order valence-corrected chi connectivity index (χ4v) is 1.21. The lowest BCUT2D eigenvalue weighted by Gasteiger charge is -2.24. The predicted octanol–water partition coefficient (Wildman–Crippen LogP) is 1.28. The molecule has 0 radical (unpaired) electrons. The largest absolute Gasteiger partial charge is 0.480 e. The van der Waals surface area contributed by atoms with Crippen molar-refractivity contribution in [2.75, 3.05) is 5.32 Å².